The Hall–Kier alpha value is -2.29. The molecule has 1 aromatic carbocycles. The SMILES string of the molecule is CCOc1ccc(C(=O)N2CCS[C@H](C(=O)OC)C2)cc1[N+](=O)[O-]. The van der Waals surface area contributed by atoms with Gasteiger partial charge in [0.1, 0.15) is 5.25 Å². The van der Waals surface area contributed by atoms with E-state index >= 15 is 0 Å². The highest BCUT2D eigenvalue weighted by Gasteiger charge is 2.31. The third kappa shape index (κ3) is 3.97. The van der Waals surface area contributed by atoms with Gasteiger partial charge in [0.15, 0.2) is 5.75 Å². The molecular formula is C15H18N2O6S. The van der Waals surface area contributed by atoms with Gasteiger partial charge >= 0.3 is 11.7 Å². The number of esters is 1. The van der Waals surface area contributed by atoms with E-state index in [0.29, 0.717) is 12.3 Å². The Balaban J connectivity index is 2.21. The van der Waals surface area contributed by atoms with Gasteiger partial charge in [0.25, 0.3) is 5.91 Å². The molecular weight excluding hydrogens is 336 g/mol. The predicted octanol–water partition coefficient (Wildman–Crippen LogP) is 1.72. The molecule has 0 bridgehead atoms. The highest BCUT2D eigenvalue weighted by atomic mass is 32.2. The second-order valence-electron chi connectivity index (χ2n) is 5.01. The molecule has 0 unspecified atom stereocenters. The van der Waals surface area contributed by atoms with E-state index in [1.807, 2.05) is 0 Å². The molecule has 1 fully saturated rings. The van der Waals surface area contributed by atoms with Gasteiger partial charge in [-0.25, -0.2) is 0 Å². The Morgan fingerprint density at radius 3 is 2.83 bits per heavy atom. The van der Waals surface area contributed by atoms with Gasteiger partial charge in [0.2, 0.25) is 0 Å². The Morgan fingerprint density at radius 1 is 1.46 bits per heavy atom. The van der Waals surface area contributed by atoms with Gasteiger partial charge in [-0.3, -0.25) is 19.7 Å². The Morgan fingerprint density at radius 2 is 2.21 bits per heavy atom. The lowest BCUT2D eigenvalue weighted by Gasteiger charge is -2.31. The van der Waals surface area contributed by atoms with Crippen molar-refractivity contribution >= 4 is 29.3 Å². The highest BCUT2D eigenvalue weighted by Crippen LogP contribution is 2.29. The van der Waals surface area contributed by atoms with Crippen molar-refractivity contribution in [1.82, 2.24) is 4.90 Å². The maximum Gasteiger partial charge on any atom is 0.320 e. The van der Waals surface area contributed by atoms with Crippen molar-refractivity contribution < 1.29 is 24.0 Å². The summed E-state index contributed by atoms with van der Waals surface area (Å²) in [6.45, 7) is 2.70. The van der Waals surface area contributed by atoms with Crippen LogP contribution in [0.5, 0.6) is 5.75 Å². The lowest BCUT2D eigenvalue weighted by atomic mass is 10.1. The van der Waals surface area contributed by atoms with E-state index in [4.69, 9.17) is 9.47 Å². The molecule has 1 saturated heterocycles. The average Bonchev–Trinajstić information content (AvgIpc) is 2.61. The van der Waals surface area contributed by atoms with Crippen LogP contribution in [0.4, 0.5) is 5.69 Å². The van der Waals surface area contributed by atoms with Gasteiger partial charge in [0, 0.05) is 30.5 Å². The summed E-state index contributed by atoms with van der Waals surface area (Å²) in [4.78, 5) is 36.3. The minimum atomic E-state index is -0.578. The number of nitro groups is 1. The molecule has 9 heteroatoms. The zero-order valence-corrected chi connectivity index (χ0v) is 14.2. The van der Waals surface area contributed by atoms with E-state index in [2.05, 4.69) is 0 Å². The largest absolute Gasteiger partial charge is 0.487 e. The quantitative estimate of drug-likeness (QED) is 0.451. The van der Waals surface area contributed by atoms with Crippen molar-refractivity contribution in [2.24, 2.45) is 0 Å². The highest BCUT2D eigenvalue weighted by molar-refractivity contribution is 8.00. The number of hydrogen-bond donors (Lipinski definition) is 0. The van der Waals surface area contributed by atoms with E-state index in [1.165, 1.54) is 42.0 Å². The fourth-order valence-corrected chi connectivity index (χ4v) is 3.49. The third-order valence-electron chi connectivity index (χ3n) is 3.52. The molecule has 0 radical (unpaired) electrons. The number of amides is 1. The number of nitro benzene ring substituents is 1. The van der Waals surface area contributed by atoms with Crippen LogP contribution in [0, 0.1) is 10.1 Å². The topological polar surface area (TPSA) is 99.0 Å². The molecule has 1 atom stereocenters. The summed E-state index contributed by atoms with van der Waals surface area (Å²) >= 11 is 1.43. The molecule has 0 spiro atoms. The monoisotopic (exact) mass is 354 g/mol. The number of carbonyl (C=O) groups is 2. The predicted molar refractivity (Wildman–Crippen MR) is 88.4 cm³/mol. The van der Waals surface area contributed by atoms with E-state index in [0.717, 1.165) is 0 Å². The van der Waals surface area contributed by atoms with Gasteiger partial charge in [-0.2, -0.15) is 0 Å². The summed E-state index contributed by atoms with van der Waals surface area (Å²) in [6, 6.07) is 4.13. The smallest absolute Gasteiger partial charge is 0.320 e. The Bertz CT molecular complexity index is 651. The normalized spacial score (nSPS) is 17.2. The minimum Gasteiger partial charge on any atom is -0.487 e. The first-order valence-electron chi connectivity index (χ1n) is 7.37. The molecule has 24 heavy (non-hydrogen) atoms. The van der Waals surface area contributed by atoms with E-state index < -0.39 is 10.2 Å². The molecule has 1 aliphatic rings. The van der Waals surface area contributed by atoms with Crippen LogP contribution in [-0.4, -0.2) is 59.5 Å². The molecule has 1 amide bonds. The number of rotatable bonds is 5. The van der Waals surface area contributed by atoms with Crippen LogP contribution in [0.3, 0.4) is 0 Å². The van der Waals surface area contributed by atoms with E-state index in [-0.39, 0.29) is 42.0 Å². The second kappa shape index (κ2) is 8.00. The molecule has 0 saturated carbocycles. The first-order chi connectivity index (χ1) is 11.5. The number of carbonyl (C=O) groups excluding carboxylic acids is 2. The number of ether oxygens (including phenoxy) is 2. The molecule has 1 heterocycles. The van der Waals surface area contributed by atoms with Crippen LogP contribution < -0.4 is 4.74 Å². The summed E-state index contributed by atoms with van der Waals surface area (Å²) in [5, 5.41) is 10.7. The third-order valence-corrected chi connectivity index (χ3v) is 4.68. The van der Waals surface area contributed by atoms with E-state index in [1.54, 1.807) is 6.92 Å². The number of nitrogens with zero attached hydrogens (tertiary/aromatic N) is 2. The second-order valence-corrected chi connectivity index (χ2v) is 6.32. The van der Waals surface area contributed by atoms with Crippen molar-refractivity contribution in [3.63, 3.8) is 0 Å². The summed E-state index contributed by atoms with van der Waals surface area (Å²) in [7, 11) is 1.31. The van der Waals surface area contributed by atoms with Crippen molar-refractivity contribution in [2.75, 3.05) is 32.6 Å². The molecule has 0 N–H and O–H groups in total. The van der Waals surface area contributed by atoms with Gasteiger partial charge in [-0.1, -0.05) is 0 Å². The maximum absolute atomic E-state index is 12.6. The maximum atomic E-state index is 12.6. The van der Waals surface area contributed by atoms with Crippen LogP contribution in [0.2, 0.25) is 0 Å². The zero-order chi connectivity index (χ0) is 17.7. The van der Waals surface area contributed by atoms with Crippen LogP contribution in [-0.2, 0) is 9.53 Å². The summed E-state index contributed by atoms with van der Waals surface area (Å²) < 4.78 is 9.92. The molecule has 130 valence electrons. The first-order valence-corrected chi connectivity index (χ1v) is 8.42. The van der Waals surface area contributed by atoms with Crippen molar-refractivity contribution in [3.8, 4) is 5.75 Å². The number of benzene rings is 1. The Kier molecular flexibility index (Phi) is 6.02. The standard InChI is InChI=1S/C15H18N2O6S/c1-3-23-12-5-4-10(8-11(12)17(20)21)14(18)16-6-7-24-13(9-16)15(19)22-2/h4-5,8,13H,3,6-7,9H2,1-2H3/t13-/m0/s1. The van der Waals surface area contributed by atoms with E-state index in [9.17, 15) is 19.7 Å². The van der Waals surface area contributed by atoms with Gasteiger partial charge < -0.3 is 14.4 Å². The van der Waals surface area contributed by atoms with Gasteiger partial charge in [0.05, 0.1) is 18.6 Å². The first kappa shape index (κ1) is 18.1. The van der Waals surface area contributed by atoms with Gasteiger partial charge in [-0.15, -0.1) is 11.8 Å². The molecule has 8 nitrogen and oxygen atoms in total. The van der Waals surface area contributed by atoms with Gasteiger partial charge in [-0.05, 0) is 19.1 Å². The van der Waals surface area contributed by atoms with Crippen LogP contribution in [0.1, 0.15) is 17.3 Å². The van der Waals surface area contributed by atoms with Crippen molar-refractivity contribution in [2.45, 2.75) is 12.2 Å². The molecule has 0 aliphatic carbocycles. The molecule has 2 rings (SSSR count). The number of hydrogen-bond acceptors (Lipinski definition) is 7. The van der Waals surface area contributed by atoms with Crippen LogP contribution in [0.15, 0.2) is 18.2 Å². The van der Waals surface area contributed by atoms with Crippen molar-refractivity contribution in [3.05, 3.63) is 33.9 Å². The average molecular weight is 354 g/mol. The fraction of sp³-hybridized carbons (Fsp3) is 0.467. The van der Waals surface area contributed by atoms with Crippen LogP contribution in [0.25, 0.3) is 0 Å². The van der Waals surface area contributed by atoms with Crippen molar-refractivity contribution in [1.29, 1.82) is 0 Å². The molecule has 1 aromatic rings. The molecule has 0 aromatic heterocycles. The summed E-state index contributed by atoms with van der Waals surface area (Å²) in [5.41, 5.74) is -0.0562. The molecule has 1 aliphatic heterocycles. The van der Waals surface area contributed by atoms with Crippen LogP contribution >= 0.6 is 11.8 Å². The lowest BCUT2D eigenvalue weighted by Crippen LogP contribution is -2.44. The number of thioether (sulfide) groups is 1. The number of methoxy groups -OCH3 is 1. The minimum absolute atomic E-state index is 0.126. The Labute approximate surface area is 143 Å². The lowest BCUT2D eigenvalue weighted by molar-refractivity contribution is -0.385. The summed E-state index contributed by atoms with van der Waals surface area (Å²) in [5.74, 6) is -0.00354. The fourth-order valence-electron chi connectivity index (χ4n) is 2.36. The summed E-state index contributed by atoms with van der Waals surface area (Å²) in [6.07, 6.45) is 0. The zero-order valence-electron chi connectivity index (χ0n) is 13.4.